The second-order valence-corrected chi connectivity index (χ2v) is 6.44. The minimum Gasteiger partial charge on any atom is -0.461 e. The summed E-state index contributed by atoms with van der Waals surface area (Å²) in [6.07, 6.45) is 5.44. The Hall–Kier alpha value is -1.55. The molecule has 1 aliphatic carbocycles. The molecule has 2 aliphatic rings. The van der Waals surface area contributed by atoms with Crippen molar-refractivity contribution in [1.82, 2.24) is 4.90 Å². The number of amides is 1. The summed E-state index contributed by atoms with van der Waals surface area (Å²) in [5, 5.41) is 9.40. The van der Waals surface area contributed by atoms with Gasteiger partial charge >= 0.3 is 0 Å². The minimum absolute atomic E-state index is 0.0330. The molecule has 4 atom stereocenters. The molecule has 1 aliphatic heterocycles. The average Bonchev–Trinajstić information content (AvgIpc) is 2.91. The van der Waals surface area contributed by atoms with E-state index in [0.717, 1.165) is 24.5 Å². The third-order valence-electron chi connectivity index (χ3n) is 4.87. The summed E-state index contributed by atoms with van der Waals surface area (Å²) in [4.78, 5) is 14.0. The summed E-state index contributed by atoms with van der Waals surface area (Å²) in [7, 11) is 0. The van der Waals surface area contributed by atoms with Crippen molar-refractivity contribution in [3.8, 4) is 0 Å². The van der Waals surface area contributed by atoms with Gasteiger partial charge in [0, 0.05) is 18.5 Å². The van der Waals surface area contributed by atoms with Gasteiger partial charge in [-0.15, -0.1) is 0 Å². The van der Waals surface area contributed by atoms with E-state index in [4.69, 9.17) is 4.42 Å². The largest absolute Gasteiger partial charge is 0.461 e. The molecule has 1 aromatic heterocycles. The van der Waals surface area contributed by atoms with E-state index in [1.54, 1.807) is 17.1 Å². The Morgan fingerprint density at radius 3 is 2.86 bits per heavy atom. The SMILES string of the molecule is CC1CC1c1ccc(/C=C/C(=O)N2CCC(C)C2CO)o1. The maximum absolute atomic E-state index is 12.2. The van der Waals surface area contributed by atoms with Crippen LogP contribution < -0.4 is 0 Å². The molecule has 4 unspecified atom stereocenters. The zero-order valence-corrected chi connectivity index (χ0v) is 12.7. The Bertz CT molecular complexity index is 548. The average molecular weight is 289 g/mol. The quantitative estimate of drug-likeness (QED) is 0.867. The lowest BCUT2D eigenvalue weighted by Crippen LogP contribution is -2.38. The van der Waals surface area contributed by atoms with Crippen molar-refractivity contribution in [2.45, 2.75) is 38.6 Å². The summed E-state index contributed by atoms with van der Waals surface area (Å²) >= 11 is 0. The van der Waals surface area contributed by atoms with Crippen LogP contribution in [0.25, 0.3) is 6.08 Å². The predicted octanol–water partition coefficient (Wildman–Crippen LogP) is 2.65. The van der Waals surface area contributed by atoms with Gasteiger partial charge in [0.15, 0.2) is 0 Å². The van der Waals surface area contributed by atoms with Gasteiger partial charge in [-0.2, -0.15) is 0 Å². The summed E-state index contributed by atoms with van der Waals surface area (Å²) in [5.74, 6) is 3.34. The third-order valence-corrected chi connectivity index (χ3v) is 4.87. The normalized spacial score (nSPS) is 32.0. The molecule has 0 aromatic carbocycles. The van der Waals surface area contributed by atoms with E-state index in [9.17, 15) is 9.90 Å². The first kappa shape index (κ1) is 14.4. The summed E-state index contributed by atoms with van der Waals surface area (Å²) < 4.78 is 5.76. The van der Waals surface area contributed by atoms with E-state index in [1.165, 1.54) is 6.42 Å². The highest BCUT2D eigenvalue weighted by Crippen LogP contribution is 2.47. The van der Waals surface area contributed by atoms with Gasteiger partial charge in [0.2, 0.25) is 5.91 Å². The summed E-state index contributed by atoms with van der Waals surface area (Å²) in [6.45, 7) is 5.05. The molecule has 2 heterocycles. The van der Waals surface area contributed by atoms with Gasteiger partial charge in [0.1, 0.15) is 11.5 Å². The summed E-state index contributed by atoms with van der Waals surface area (Å²) in [6, 6.07) is 3.87. The van der Waals surface area contributed by atoms with Gasteiger partial charge < -0.3 is 14.4 Å². The first-order valence-electron chi connectivity index (χ1n) is 7.79. The van der Waals surface area contributed by atoms with Crippen molar-refractivity contribution < 1.29 is 14.3 Å². The molecule has 1 N–H and O–H groups in total. The molecule has 2 fully saturated rings. The molecule has 0 radical (unpaired) electrons. The lowest BCUT2D eigenvalue weighted by Gasteiger charge is -2.23. The fraction of sp³-hybridized carbons (Fsp3) is 0.588. The molecular weight excluding hydrogens is 266 g/mol. The first-order valence-corrected chi connectivity index (χ1v) is 7.79. The molecule has 0 spiro atoms. The highest BCUT2D eigenvalue weighted by Gasteiger charge is 2.36. The van der Waals surface area contributed by atoms with Gasteiger partial charge in [-0.1, -0.05) is 13.8 Å². The van der Waals surface area contributed by atoms with E-state index >= 15 is 0 Å². The molecule has 1 saturated carbocycles. The Labute approximate surface area is 125 Å². The zero-order chi connectivity index (χ0) is 15.0. The molecule has 21 heavy (non-hydrogen) atoms. The fourth-order valence-electron chi connectivity index (χ4n) is 3.19. The number of aliphatic hydroxyl groups excluding tert-OH is 1. The third kappa shape index (κ3) is 2.91. The molecular formula is C17H23NO3. The van der Waals surface area contributed by atoms with Crippen molar-refractivity contribution in [1.29, 1.82) is 0 Å². The Morgan fingerprint density at radius 1 is 1.43 bits per heavy atom. The van der Waals surface area contributed by atoms with E-state index in [-0.39, 0.29) is 18.6 Å². The minimum atomic E-state index is -0.0541. The van der Waals surface area contributed by atoms with E-state index in [1.807, 2.05) is 12.1 Å². The number of hydrogen-bond donors (Lipinski definition) is 1. The standard InChI is InChI=1S/C17H23NO3/c1-11-7-8-18(15(11)10-19)17(20)6-4-13-3-5-16(21-13)14-9-12(14)2/h3-6,11-12,14-15,19H,7-10H2,1-2H3/b6-4+. The molecule has 1 aromatic rings. The number of furan rings is 1. The first-order chi connectivity index (χ1) is 10.1. The van der Waals surface area contributed by atoms with Crippen LogP contribution in [0, 0.1) is 11.8 Å². The molecule has 0 bridgehead atoms. The smallest absolute Gasteiger partial charge is 0.247 e. The van der Waals surface area contributed by atoms with Crippen molar-refractivity contribution in [3.05, 3.63) is 29.7 Å². The van der Waals surface area contributed by atoms with E-state index < -0.39 is 0 Å². The van der Waals surface area contributed by atoms with Crippen LogP contribution in [-0.2, 0) is 4.79 Å². The molecule has 1 saturated heterocycles. The maximum Gasteiger partial charge on any atom is 0.247 e. The zero-order valence-electron chi connectivity index (χ0n) is 12.7. The second kappa shape index (κ2) is 5.68. The topological polar surface area (TPSA) is 53.7 Å². The number of likely N-dealkylation sites (tertiary alicyclic amines) is 1. The van der Waals surface area contributed by atoms with Gasteiger partial charge in [-0.05, 0) is 42.9 Å². The van der Waals surface area contributed by atoms with Crippen LogP contribution in [0.3, 0.4) is 0 Å². The van der Waals surface area contributed by atoms with Gasteiger partial charge in [0.25, 0.3) is 0 Å². The van der Waals surface area contributed by atoms with Crippen molar-refractivity contribution in [2.24, 2.45) is 11.8 Å². The van der Waals surface area contributed by atoms with Crippen LogP contribution >= 0.6 is 0 Å². The summed E-state index contributed by atoms with van der Waals surface area (Å²) in [5.41, 5.74) is 0. The monoisotopic (exact) mass is 289 g/mol. The lowest BCUT2D eigenvalue weighted by atomic mass is 10.0. The van der Waals surface area contributed by atoms with Crippen LogP contribution in [0.15, 0.2) is 22.6 Å². The van der Waals surface area contributed by atoms with Crippen molar-refractivity contribution >= 4 is 12.0 Å². The molecule has 1 amide bonds. The molecule has 3 rings (SSSR count). The van der Waals surface area contributed by atoms with Crippen LogP contribution in [0.2, 0.25) is 0 Å². The maximum atomic E-state index is 12.2. The number of carbonyl (C=O) groups excluding carboxylic acids is 1. The molecule has 4 heteroatoms. The van der Waals surface area contributed by atoms with Crippen LogP contribution in [-0.4, -0.2) is 35.1 Å². The molecule has 4 nitrogen and oxygen atoms in total. The number of nitrogens with zero attached hydrogens (tertiary/aromatic N) is 1. The Kier molecular flexibility index (Phi) is 3.89. The van der Waals surface area contributed by atoms with Crippen molar-refractivity contribution in [2.75, 3.05) is 13.2 Å². The Balaban J connectivity index is 1.63. The van der Waals surface area contributed by atoms with Crippen LogP contribution in [0.5, 0.6) is 0 Å². The number of carbonyl (C=O) groups is 1. The van der Waals surface area contributed by atoms with Gasteiger partial charge in [-0.25, -0.2) is 0 Å². The van der Waals surface area contributed by atoms with Crippen LogP contribution in [0.4, 0.5) is 0 Å². The number of aliphatic hydroxyl groups is 1. The van der Waals surface area contributed by atoms with Crippen LogP contribution in [0.1, 0.15) is 44.1 Å². The van der Waals surface area contributed by atoms with Gasteiger partial charge in [-0.3, -0.25) is 4.79 Å². The Morgan fingerprint density at radius 2 is 2.19 bits per heavy atom. The highest BCUT2D eigenvalue weighted by molar-refractivity contribution is 5.91. The highest BCUT2D eigenvalue weighted by atomic mass is 16.3. The fourth-order valence-corrected chi connectivity index (χ4v) is 3.19. The van der Waals surface area contributed by atoms with Gasteiger partial charge in [0.05, 0.1) is 12.6 Å². The molecule has 114 valence electrons. The predicted molar refractivity (Wildman–Crippen MR) is 80.6 cm³/mol. The van der Waals surface area contributed by atoms with Crippen molar-refractivity contribution in [3.63, 3.8) is 0 Å². The van der Waals surface area contributed by atoms with E-state index in [2.05, 4.69) is 13.8 Å². The number of hydrogen-bond acceptors (Lipinski definition) is 3. The lowest BCUT2D eigenvalue weighted by molar-refractivity contribution is -0.127. The van der Waals surface area contributed by atoms with E-state index in [0.29, 0.717) is 17.8 Å². The number of rotatable bonds is 4. The second-order valence-electron chi connectivity index (χ2n) is 6.44.